The van der Waals surface area contributed by atoms with Gasteiger partial charge in [-0.2, -0.15) is 0 Å². The van der Waals surface area contributed by atoms with E-state index in [-0.39, 0.29) is 12.0 Å². The number of carbonyl (C=O) groups is 1. The molecule has 5 heteroatoms. The van der Waals surface area contributed by atoms with Gasteiger partial charge in [-0.15, -0.1) is 0 Å². The fourth-order valence-electron chi connectivity index (χ4n) is 5.12. The van der Waals surface area contributed by atoms with Gasteiger partial charge >= 0.3 is 0 Å². The number of carbonyl (C=O) groups excluding carboxylic acids is 1. The molecule has 3 saturated heterocycles. The van der Waals surface area contributed by atoms with Gasteiger partial charge in [-0.3, -0.25) is 4.79 Å². The van der Waals surface area contributed by atoms with Gasteiger partial charge in [-0.1, -0.05) is 12.1 Å². The van der Waals surface area contributed by atoms with Crippen molar-refractivity contribution in [3.63, 3.8) is 0 Å². The zero-order chi connectivity index (χ0) is 19.3. The normalized spacial score (nSPS) is 23.8. The molecular weight excluding hydrogens is 350 g/mol. The quantitative estimate of drug-likeness (QED) is 0.835. The molecule has 28 heavy (non-hydrogen) atoms. The molecule has 1 aromatic carbocycles. The number of hydrogen-bond acceptors (Lipinski definition) is 4. The van der Waals surface area contributed by atoms with Crippen molar-refractivity contribution in [1.29, 1.82) is 0 Å². The molecular formula is C23H35N3O2. The molecule has 5 nitrogen and oxygen atoms in total. The summed E-state index contributed by atoms with van der Waals surface area (Å²) in [4.78, 5) is 17.6. The summed E-state index contributed by atoms with van der Waals surface area (Å²) in [6.07, 6.45) is 7.33. The summed E-state index contributed by atoms with van der Waals surface area (Å²) in [5.74, 6) is 0.935. The van der Waals surface area contributed by atoms with Crippen molar-refractivity contribution in [3.8, 4) is 0 Å². The van der Waals surface area contributed by atoms with E-state index in [9.17, 15) is 9.90 Å². The largest absolute Gasteiger partial charge is 0.393 e. The third-order valence-corrected chi connectivity index (χ3v) is 6.92. The number of aliphatic hydroxyl groups excluding tert-OH is 1. The molecule has 0 unspecified atom stereocenters. The maximum atomic E-state index is 13.0. The van der Waals surface area contributed by atoms with Crippen molar-refractivity contribution < 1.29 is 9.90 Å². The Hall–Kier alpha value is -1.43. The van der Waals surface area contributed by atoms with Crippen LogP contribution in [0.15, 0.2) is 24.3 Å². The predicted octanol–water partition coefficient (Wildman–Crippen LogP) is 2.29. The van der Waals surface area contributed by atoms with Crippen LogP contribution in [0.5, 0.6) is 0 Å². The van der Waals surface area contributed by atoms with Crippen molar-refractivity contribution in [1.82, 2.24) is 15.1 Å². The molecule has 154 valence electrons. The van der Waals surface area contributed by atoms with Gasteiger partial charge in [0, 0.05) is 37.8 Å². The highest BCUT2D eigenvalue weighted by Crippen LogP contribution is 2.23. The number of aliphatic hydroxyl groups is 1. The number of rotatable bonds is 4. The lowest BCUT2D eigenvalue weighted by atomic mass is 9.90. The molecule has 3 aliphatic heterocycles. The first-order valence-electron chi connectivity index (χ1n) is 11.2. The number of likely N-dealkylation sites (tertiary alicyclic amines) is 2. The van der Waals surface area contributed by atoms with E-state index in [0.717, 1.165) is 82.9 Å². The molecule has 0 aliphatic carbocycles. The number of amides is 1. The maximum absolute atomic E-state index is 13.0. The van der Waals surface area contributed by atoms with Gasteiger partial charge in [0.1, 0.15) is 0 Å². The van der Waals surface area contributed by atoms with E-state index in [2.05, 4.69) is 28.4 Å². The van der Waals surface area contributed by atoms with Gasteiger partial charge in [-0.05, 0) is 81.6 Å². The van der Waals surface area contributed by atoms with E-state index in [1.165, 1.54) is 18.4 Å². The second-order valence-corrected chi connectivity index (χ2v) is 8.89. The zero-order valence-electron chi connectivity index (χ0n) is 17.0. The molecule has 0 atom stereocenters. The number of hydrogen-bond donors (Lipinski definition) is 2. The number of nitrogens with one attached hydrogen (secondary N) is 1. The Morgan fingerprint density at radius 1 is 1.00 bits per heavy atom. The molecule has 0 saturated carbocycles. The number of piperidine rings is 3. The Labute approximate surface area is 169 Å². The standard InChI is InChI=1S/C23H35N3O2/c27-22-8-14-25(15-9-22)21-6-12-26(13-7-21)23(28)20-3-1-2-19(17-20)16-18-4-10-24-11-5-18/h1-3,17-18,21-22,24,27H,4-16H2. The van der Waals surface area contributed by atoms with E-state index in [1.54, 1.807) is 0 Å². The lowest BCUT2D eigenvalue weighted by Gasteiger charge is -2.41. The number of benzene rings is 1. The Balaban J connectivity index is 1.30. The van der Waals surface area contributed by atoms with E-state index in [0.29, 0.717) is 6.04 Å². The summed E-state index contributed by atoms with van der Waals surface area (Å²) in [5.41, 5.74) is 2.16. The monoisotopic (exact) mass is 385 g/mol. The lowest BCUT2D eigenvalue weighted by molar-refractivity contribution is 0.0357. The van der Waals surface area contributed by atoms with Crippen molar-refractivity contribution in [2.45, 2.75) is 57.1 Å². The van der Waals surface area contributed by atoms with E-state index in [1.807, 2.05) is 11.0 Å². The van der Waals surface area contributed by atoms with E-state index >= 15 is 0 Å². The summed E-state index contributed by atoms with van der Waals surface area (Å²) < 4.78 is 0. The molecule has 0 spiro atoms. The average molecular weight is 386 g/mol. The molecule has 3 aliphatic rings. The van der Waals surface area contributed by atoms with Gasteiger partial charge in [-0.25, -0.2) is 0 Å². The Morgan fingerprint density at radius 3 is 2.43 bits per heavy atom. The van der Waals surface area contributed by atoms with Crippen LogP contribution in [0.2, 0.25) is 0 Å². The fraction of sp³-hybridized carbons (Fsp3) is 0.696. The van der Waals surface area contributed by atoms with Gasteiger partial charge in [0.05, 0.1) is 6.10 Å². The van der Waals surface area contributed by atoms with Crippen LogP contribution in [-0.2, 0) is 6.42 Å². The van der Waals surface area contributed by atoms with Gasteiger partial charge in [0.15, 0.2) is 0 Å². The molecule has 3 fully saturated rings. The summed E-state index contributed by atoms with van der Waals surface area (Å²) in [7, 11) is 0. The van der Waals surface area contributed by atoms with Crippen molar-refractivity contribution in [2.75, 3.05) is 39.3 Å². The highest BCUT2D eigenvalue weighted by molar-refractivity contribution is 5.94. The highest BCUT2D eigenvalue weighted by atomic mass is 16.3. The first-order chi connectivity index (χ1) is 13.7. The Morgan fingerprint density at radius 2 is 1.71 bits per heavy atom. The van der Waals surface area contributed by atoms with Crippen molar-refractivity contribution in [2.24, 2.45) is 5.92 Å². The van der Waals surface area contributed by atoms with Gasteiger partial charge < -0.3 is 20.2 Å². The molecule has 0 radical (unpaired) electrons. The van der Waals surface area contributed by atoms with Crippen molar-refractivity contribution in [3.05, 3.63) is 35.4 Å². The van der Waals surface area contributed by atoms with Gasteiger partial charge in [0.25, 0.3) is 5.91 Å². The van der Waals surface area contributed by atoms with Crippen LogP contribution < -0.4 is 5.32 Å². The number of nitrogens with zero attached hydrogens (tertiary/aromatic N) is 2. The molecule has 1 aromatic rings. The third-order valence-electron chi connectivity index (χ3n) is 6.92. The second-order valence-electron chi connectivity index (χ2n) is 8.89. The zero-order valence-corrected chi connectivity index (χ0v) is 17.0. The van der Waals surface area contributed by atoms with Crippen LogP contribution >= 0.6 is 0 Å². The minimum atomic E-state index is -0.116. The molecule has 1 amide bonds. The molecule has 3 heterocycles. The minimum Gasteiger partial charge on any atom is -0.393 e. The molecule has 0 aromatic heterocycles. The van der Waals surface area contributed by atoms with E-state index in [4.69, 9.17) is 0 Å². The van der Waals surface area contributed by atoms with E-state index < -0.39 is 0 Å². The highest BCUT2D eigenvalue weighted by Gasteiger charge is 2.29. The van der Waals surface area contributed by atoms with Gasteiger partial charge in [0.2, 0.25) is 0 Å². The molecule has 4 rings (SSSR count). The third kappa shape index (κ3) is 4.94. The second kappa shape index (κ2) is 9.38. The van der Waals surface area contributed by atoms with Crippen LogP contribution in [-0.4, -0.2) is 72.2 Å². The minimum absolute atomic E-state index is 0.116. The van der Waals surface area contributed by atoms with Crippen LogP contribution in [0, 0.1) is 5.92 Å². The van der Waals surface area contributed by atoms with Crippen molar-refractivity contribution >= 4 is 5.91 Å². The van der Waals surface area contributed by atoms with Crippen LogP contribution in [0.4, 0.5) is 0 Å². The summed E-state index contributed by atoms with van der Waals surface area (Å²) >= 11 is 0. The smallest absolute Gasteiger partial charge is 0.253 e. The Bertz CT molecular complexity index is 643. The maximum Gasteiger partial charge on any atom is 0.253 e. The summed E-state index contributed by atoms with van der Waals surface area (Å²) in [6.45, 7) is 5.93. The SMILES string of the molecule is O=C(c1cccc(CC2CCNCC2)c1)N1CCC(N2CCC(O)CC2)CC1. The predicted molar refractivity (Wildman–Crippen MR) is 111 cm³/mol. The first kappa shape index (κ1) is 19.9. The summed E-state index contributed by atoms with van der Waals surface area (Å²) in [5, 5.41) is 13.1. The fourth-order valence-corrected chi connectivity index (χ4v) is 5.12. The van der Waals surface area contributed by atoms with Crippen LogP contribution in [0.1, 0.15) is 54.4 Å². The van der Waals surface area contributed by atoms with Crippen LogP contribution in [0.3, 0.4) is 0 Å². The lowest BCUT2D eigenvalue weighted by Crippen LogP contribution is -2.49. The Kier molecular flexibility index (Phi) is 6.65. The topological polar surface area (TPSA) is 55.8 Å². The summed E-state index contributed by atoms with van der Waals surface area (Å²) in [6, 6.07) is 8.91. The molecule has 0 bridgehead atoms. The molecule has 2 N–H and O–H groups in total. The first-order valence-corrected chi connectivity index (χ1v) is 11.2. The van der Waals surface area contributed by atoms with Crippen LogP contribution in [0.25, 0.3) is 0 Å². The average Bonchev–Trinajstić information content (AvgIpc) is 2.75.